The summed E-state index contributed by atoms with van der Waals surface area (Å²) in [6.45, 7) is 1.81. The molecular weight excluding hydrogens is 397 g/mol. The highest BCUT2D eigenvalue weighted by atomic mass is 32.2. The molecule has 11 heteroatoms. The fourth-order valence-corrected chi connectivity index (χ4v) is 4.99. The molecule has 0 radical (unpaired) electrons. The summed E-state index contributed by atoms with van der Waals surface area (Å²) in [5, 5.41) is 2.91. The molecule has 0 aliphatic carbocycles. The largest absolute Gasteiger partial charge is 0.417 e. The Morgan fingerprint density at radius 3 is 2.46 bits per heavy atom. The number of pyridine rings is 1. The third-order valence-corrected chi connectivity index (χ3v) is 7.01. The number of anilines is 1. The van der Waals surface area contributed by atoms with Crippen molar-refractivity contribution in [3.05, 3.63) is 23.9 Å². The first-order valence-electron chi connectivity index (χ1n) is 9.20. The maximum absolute atomic E-state index is 12.6. The smallest absolute Gasteiger partial charge is 0.356 e. The number of nitrogens with one attached hydrogen (secondary N) is 1. The number of amides is 1. The van der Waals surface area contributed by atoms with Crippen LogP contribution in [0.2, 0.25) is 0 Å². The first-order valence-corrected chi connectivity index (χ1v) is 10.8. The third-order valence-electron chi connectivity index (χ3n) is 5.05. The molecule has 1 N–H and O–H groups in total. The number of hydrogen-bond acceptors (Lipinski definition) is 5. The Labute approximate surface area is 162 Å². The molecule has 0 unspecified atom stereocenters. The van der Waals surface area contributed by atoms with E-state index in [0.29, 0.717) is 44.7 Å². The first-order chi connectivity index (χ1) is 13.1. The SMILES string of the molecule is O=C(CCN1CCCS1(=O)=O)NC1CCN(c2ccc(C(F)(F)F)cn2)CC1. The molecule has 1 amide bonds. The van der Waals surface area contributed by atoms with E-state index in [1.54, 1.807) is 0 Å². The number of halogens is 3. The number of rotatable bonds is 5. The zero-order chi connectivity index (χ0) is 20.4. The van der Waals surface area contributed by atoms with E-state index in [1.165, 1.54) is 10.4 Å². The Bertz CT molecular complexity index is 791. The van der Waals surface area contributed by atoms with Gasteiger partial charge in [-0.05, 0) is 31.4 Å². The molecule has 1 aromatic rings. The minimum absolute atomic E-state index is 0.0339. The molecule has 2 saturated heterocycles. The van der Waals surface area contributed by atoms with Gasteiger partial charge in [-0.3, -0.25) is 4.79 Å². The summed E-state index contributed by atoms with van der Waals surface area (Å²) in [5.74, 6) is 0.440. The van der Waals surface area contributed by atoms with Gasteiger partial charge in [0.05, 0.1) is 11.3 Å². The second-order valence-corrected chi connectivity index (χ2v) is 9.14. The fraction of sp³-hybridized carbons (Fsp3) is 0.647. The van der Waals surface area contributed by atoms with Gasteiger partial charge in [0.2, 0.25) is 15.9 Å². The Morgan fingerprint density at radius 1 is 1.21 bits per heavy atom. The number of aromatic nitrogens is 1. The van der Waals surface area contributed by atoms with Gasteiger partial charge in [-0.15, -0.1) is 0 Å². The van der Waals surface area contributed by atoms with Gasteiger partial charge < -0.3 is 10.2 Å². The van der Waals surface area contributed by atoms with Crippen molar-refractivity contribution in [2.45, 2.75) is 37.9 Å². The van der Waals surface area contributed by atoms with Crippen molar-refractivity contribution in [2.24, 2.45) is 0 Å². The van der Waals surface area contributed by atoms with Crippen molar-refractivity contribution in [1.29, 1.82) is 0 Å². The van der Waals surface area contributed by atoms with Gasteiger partial charge in [0.25, 0.3) is 0 Å². The van der Waals surface area contributed by atoms with E-state index in [2.05, 4.69) is 10.3 Å². The number of carbonyl (C=O) groups excluding carboxylic acids is 1. The lowest BCUT2D eigenvalue weighted by atomic mass is 10.0. The van der Waals surface area contributed by atoms with Crippen LogP contribution in [0.25, 0.3) is 0 Å². The van der Waals surface area contributed by atoms with E-state index in [9.17, 15) is 26.4 Å². The average Bonchev–Trinajstić information content (AvgIpc) is 2.98. The summed E-state index contributed by atoms with van der Waals surface area (Å²) in [6.07, 6.45) is -1.56. The molecular formula is C17H23F3N4O3S. The van der Waals surface area contributed by atoms with Gasteiger partial charge >= 0.3 is 6.18 Å². The van der Waals surface area contributed by atoms with E-state index in [-0.39, 0.29) is 30.7 Å². The normalized spacial score (nSPS) is 21.0. The van der Waals surface area contributed by atoms with Crippen LogP contribution in [0.15, 0.2) is 18.3 Å². The zero-order valence-electron chi connectivity index (χ0n) is 15.3. The van der Waals surface area contributed by atoms with Crippen LogP contribution in [0.3, 0.4) is 0 Å². The molecule has 0 atom stereocenters. The monoisotopic (exact) mass is 420 g/mol. The molecule has 3 rings (SSSR count). The number of alkyl halides is 3. The van der Waals surface area contributed by atoms with Gasteiger partial charge in [-0.25, -0.2) is 17.7 Å². The molecule has 3 heterocycles. The van der Waals surface area contributed by atoms with Crippen molar-refractivity contribution in [3.8, 4) is 0 Å². The molecule has 0 bridgehead atoms. The van der Waals surface area contributed by atoms with Gasteiger partial charge in [-0.2, -0.15) is 13.2 Å². The maximum Gasteiger partial charge on any atom is 0.417 e. The molecule has 2 fully saturated rings. The second kappa shape index (κ2) is 8.24. The van der Waals surface area contributed by atoms with Gasteiger partial charge in [0.1, 0.15) is 5.82 Å². The topological polar surface area (TPSA) is 82.6 Å². The molecule has 1 aromatic heterocycles. The summed E-state index contributed by atoms with van der Waals surface area (Å²) in [7, 11) is -3.20. The number of nitrogens with zero attached hydrogens (tertiary/aromatic N) is 3. The van der Waals surface area contributed by atoms with Crippen LogP contribution in [-0.2, 0) is 21.0 Å². The van der Waals surface area contributed by atoms with Gasteiger partial charge in [0, 0.05) is 44.8 Å². The fourth-order valence-electron chi connectivity index (χ4n) is 3.46. The van der Waals surface area contributed by atoms with E-state index in [0.717, 1.165) is 12.3 Å². The van der Waals surface area contributed by atoms with E-state index < -0.39 is 21.8 Å². The lowest BCUT2D eigenvalue weighted by molar-refractivity contribution is -0.137. The van der Waals surface area contributed by atoms with Crippen molar-refractivity contribution in [1.82, 2.24) is 14.6 Å². The van der Waals surface area contributed by atoms with Crippen LogP contribution in [0.5, 0.6) is 0 Å². The lowest BCUT2D eigenvalue weighted by Gasteiger charge is -2.33. The molecule has 0 aromatic carbocycles. The Kier molecular flexibility index (Phi) is 6.13. The number of hydrogen-bond donors (Lipinski definition) is 1. The third kappa shape index (κ3) is 5.13. The quantitative estimate of drug-likeness (QED) is 0.783. The number of carbonyl (C=O) groups is 1. The molecule has 28 heavy (non-hydrogen) atoms. The van der Waals surface area contributed by atoms with Crippen LogP contribution in [-0.4, -0.2) is 61.6 Å². The molecule has 2 aliphatic rings. The second-order valence-electron chi connectivity index (χ2n) is 7.05. The highest BCUT2D eigenvalue weighted by molar-refractivity contribution is 7.89. The van der Waals surface area contributed by atoms with E-state index in [1.807, 2.05) is 4.90 Å². The number of sulfonamides is 1. The summed E-state index contributed by atoms with van der Waals surface area (Å²) < 4.78 is 62.6. The highest BCUT2D eigenvalue weighted by Crippen LogP contribution is 2.29. The van der Waals surface area contributed by atoms with Crippen LogP contribution in [0.1, 0.15) is 31.2 Å². The predicted molar refractivity (Wildman–Crippen MR) is 97.2 cm³/mol. The van der Waals surface area contributed by atoms with Gasteiger partial charge in [-0.1, -0.05) is 0 Å². The van der Waals surface area contributed by atoms with Crippen LogP contribution in [0.4, 0.5) is 19.0 Å². The predicted octanol–water partition coefficient (Wildman–Crippen LogP) is 1.61. The Morgan fingerprint density at radius 2 is 1.93 bits per heavy atom. The summed E-state index contributed by atoms with van der Waals surface area (Å²) >= 11 is 0. The maximum atomic E-state index is 12.6. The van der Waals surface area contributed by atoms with Crippen molar-refractivity contribution in [3.63, 3.8) is 0 Å². The van der Waals surface area contributed by atoms with Crippen molar-refractivity contribution in [2.75, 3.05) is 36.8 Å². The van der Waals surface area contributed by atoms with E-state index >= 15 is 0 Å². The Hall–Kier alpha value is -1.88. The Balaban J connectivity index is 1.43. The number of piperidine rings is 1. The van der Waals surface area contributed by atoms with Crippen molar-refractivity contribution >= 4 is 21.7 Å². The van der Waals surface area contributed by atoms with Crippen LogP contribution in [0, 0.1) is 0 Å². The average molecular weight is 420 g/mol. The lowest BCUT2D eigenvalue weighted by Crippen LogP contribution is -2.45. The highest BCUT2D eigenvalue weighted by Gasteiger charge is 2.31. The zero-order valence-corrected chi connectivity index (χ0v) is 16.1. The molecule has 7 nitrogen and oxygen atoms in total. The minimum Gasteiger partial charge on any atom is -0.356 e. The van der Waals surface area contributed by atoms with Crippen LogP contribution >= 0.6 is 0 Å². The summed E-state index contributed by atoms with van der Waals surface area (Å²) in [5.41, 5.74) is -0.779. The molecule has 0 spiro atoms. The van der Waals surface area contributed by atoms with Gasteiger partial charge in [0.15, 0.2) is 0 Å². The van der Waals surface area contributed by atoms with Crippen LogP contribution < -0.4 is 10.2 Å². The molecule has 0 saturated carbocycles. The summed E-state index contributed by atoms with van der Waals surface area (Å²) in [4.78, 5) is 17.9. The standard InChI is InChI=1S/C17H23F3N4O3S/c18-17(19,20)13-2-3-15(21-12-13)23-8-4-14(5-9-23)22-16(25)6-10-24-7-1-11-28(24,26)27/h2-3,12,14H,1,4-11H2,(H,22,25). The molecule has 2 aliphatic heterocycles. The first kappa shape index (κ1) is 20.8. The van der Waals surface area contributed by atoms with Crippen molar-refractivity contribution < 1.29 is 26.4 Å². The summed E-state index contributed by atoms with van der Waals surface area (Å²) in [6, 6.07) is 2.34. The van der Waals surface area contributed by atoms with E-state index in [4.69, 9.17) is 0 Å². The minimum atomic E-state index is -4.41. The molecule has 156 valence electrons.